The first-order valence-corrected chi connectivity index (χ1v) is 6.58. The zero-order valence-corrected chi connectivity index (χ0v) is 10.8. The van der Waals surface area contributed by atoms with Gasteiger partial charge >= 0.3 is 5.97 Å². The van der Waals surface area contributed by atoms with Crippen LogP contribution in [0.2, 0.25) is 0 Å². The molecule has 1 fully saturated rings. The van der Waals surface area contributed by atoms with E-state index in [-0.39, 0.29) is 5.56 Å². The molecule has 1 aromatic heterocycles. The third kappa shape index (κ3) is 3.00. The zero-order valence-electron chi connectivity index (χ0n) is 10.8. The predicted molar refractivity (Wildman–Crippen MR) is 71.0 cm³/mol. The van der Waals surface area contributed by atoms with Gasteiger partial charge in [-0.3, -0.25) is 0 Å². The molecule has 0 radical (unpaired) electrons. The van der Waals surface area contributed by atoms with Crippen molar-refractivity contribution in [3.8, 4) is 0 Å². The molecule has 0 unspecified atom stereocenters. The van der Waals surface area contributed by atoms with Gasteiger partial charge in [-0.05, 0) is 30.9 Å². The number of nitrogens with zero attached hydrogens (tertiary/aromatic N) is 2. The van der Waals surface area contributed by atoms with Crippen LogP contribution in [-0.2, 0) is 0 Å². The molecule has 4 nitrogen and oxygen atoms in total. The Kier molecular flexibility index (Phi) is 4.18. The average Bonchev–Trinajstić information content (AvgIpc) is 2.40. The van der Waals surface area contributed by atoms with Crippen LogP contribution in [0.25, 0.3) is 0 Å². The van der Waals surface area contributed by atoms with Crippen LogP contribution in [0.15, 0.2) is 18.3 Å². The second-order valence-electron chi connectivity index (χ2n) is 5.06. The van der Waals surface area contributed by atoms with Crippen LogP contribution in [0.1, 0.15) is 42.5 Å². The van der Waals surface area contributed by atoms with E-state index in [9.17, 15) is 4.79 Å². The molecule has 0 spiro atoms. The molecule has 4 heteroatoms. The van der Waals surface area contributed by atoms with Crippen molar-refractivity contribution in [1.82, 2.24) is 4.98 Å². The normalized spacial score (nSPS) is 16.5. The highest BCUT2D eigenvalue weighted by atomic mass is 16.4. The highest BCUT2D eigenvalue weighted by Gasteiger charge is 2.19. The Morgan fingerprint density at radius 1 is 1.44 bits per heavy atom. The van der Waals surface area contributed by atoms with E-state index in [0.717, 1.165) is 6.54 Å². The monoisotopic (exact) mass is 248 g/mol. The molecule has 0 saturated heterocycles. The number of carbonyl (C=O) groups is 1. The fraction of sp³-hybridized carbons (Fsp3) is 0.571. The van der Waals surface area contributed by atoms with Crippen molar-refractivity contribution < 1.29 is 9.90 Å². The Morgan fingerprint density at radius 2 is 2.17 bits per heavy atom. The van der Waals surface area contributed by atoms with E-state index in [0.29, 0.717) is 11.7 Å². The fourth-order valence-corrected chi connectivity index (χ4v) is 2.71. The third-order valence-corrected chi connectivity index (χ3v) is 3.64. The maximum atomic E-state index is 11.2. The number of aromatic carboxylic acids is 1. The number of hydrogen-bond acceptors (Lipinski definition) is 3. The molecule has 0 amide bonds. The standard InChI is InChI=1S/C14H20N2O2/c1-16(10-11-6-3-2-4-7-11)13-12(14(17)18)8-5-9-15-13/h5,8-9,11H,2-4,6-7,10H2,1H3,(H,17,18). The Balaban J connectivity index is 2.08. The van der Waals surface area contributed by atoms with Crippen molar-refractivity contribution in [2.24, 2.45) is 5.92 Å². The van der Waals surface area contributed by atoms with E-state index in [4.69, 9.17) is 5.11 Å². The van der Waals surface area contributed by atoms with Crippen LogP contribution in [0, 0.1) is 5.92 Å². The quantitative estimate of drug-likeness (QED) is 0.890. The minimum atomic E-state index is -0.909. The van der Waals surface area contributed by atoms with E-state index in [2.05, 4.69) is 4.98 Å². The number of carboxylic acid groups (broad SMARTS) is 1. The maximum absolute atomic E-state index is 11.2. The Bertz CT molecular complexity index is 414. The number of carboxylic acids is 1. The van der Waals surface area contributed by atoms with Gasteiger partial charge < -0.3 is 10.0 Å². The maximum Gasteiger partial charge on any atom is 0.339 e. The van der Waals surface area contributed by atoms with Gasteiger partial charge in [0, 0.05) is 19.8 Å². The van der Waals surface area contributed by atoms with Crippen LogP contribution in [-0.4, -0.2) is 29.7 Å². The van der Waals surface area contributed by atoms with Crippen LogP contribution in [0.4, 0.5) is 5.82 Å². The minimum absolute atomic E-state index is 0.288. The lowest BCUT2D eigenvalue weighted by molar-refractivity contribution is 0.0697. The van der Waals surface area contributed by atoms with Crippen molar-refractivity contribution in [2.75, 3.05) is 18.5 Å². The summed E-state index contributed by atoms with van der Waals surface area (Å²) in [6.07, 6.45) is 8.08. The highest BCUT2D eigenvalue weighted by molar-refractivity contribution is 5.93. The van der Waals surface area contributed by atoms with E-state index in [1.165, 1.54) is 32.1 Å². The average molecular weight is 248 g/mol. The van der Waals surface area contributed by atoms with Crippen LogP contribution < -0.4 is 4.90 Å². The summed E-state index contributed by atoms with van der Waals surface area (Å²) in [7, 11) is 1.93. The summed E-state index contributed by atoms with van der Waals surface area (Å²) in [4.78, 5) is 17.3. The summed E-state index contributed by atoms with van der Waals surface area (Å²) in [5.74, 6) is 0.344. The van der Waals surface area contributed by atoms with Gasteiger partial charge in [0.05, 0.1) is 0 Å². The number of rotatable bonds is 4. The van der Waals surface area contributed by atoms with Crippen LogP contribution in [0.3, 0.4) is 0 Å². The molecule has 1 aliphatic carbocycles. The van der Waals surface area contributed by atoms with E-state index in [1.54, 1.807) is 18.3 Å². The Hall–Kier alpha value is -1.58. The summed E-state index contributed by atoms with van der Waals surface area (Å²) in [5, 5.41) is 9.15. The first-order chi connectivity index (χ1) is 8.68. The van der Waals surface area contributed by atoms with Gasteiger partial charge in [0.15, 0.2) is 0 Å². The van der Waals surface area contributed by atoms with E-state index < -0.39 is 5.97 Å². The highest BCUT2D eigenvalue weighted by Crippen LogP contribution is 2.26. The van der Waals surface area contributed by atoms with Crippen molar-refractivity contribution in [3.05, 3.63) is 23.9 Å². The Morgan fingerprint density at radius 3 is 2.83 bits per heavy atom. The van der Waals surface area contributed by atoms with E-state index >= 15 is 0 Å². The summed E-state index contributed by atoms with van der Waals surface area (Å²) in [6, 6.07) is 3.28. The molecule has 2 rings (SSSR count). The second-order valence-corrected chi connectivity index (χ2v) is 5.06. The molecular weight excluding hydrogens is 228 g/mol. The van der Waals surface area contributed by atoms with Crippen molar-refractivity contribution in [1.29, 1.82) is 0 Å². The van der Waals surface area contributed by atoms with Crippen molar-refractivity contribution >= 4 is 11.8 Å². The molecule has 0 atom stereocenters. The number of hydrogen-bond donors (Lipinski definition) is 1. The van der Waals surface area contributed by atoms with Gasteiger partial charge in [-0.25, -0.2) is 9.78 Å². The molecule has 0 bridgehead atoms. The van der Waals surface area contributed by atoms with Crippen LogP contribution >= 0.6 is 0 Å². The van der Waals surface area contributed by atoms with Crippen molar-refractivity contribution in [2.45, 2.75) is 32.1 Å². The molecule has 1 aromatic rings. The molecular formula is C14H20N2O2. The lowest BCUT2D eigenvalue weighted by atomic mass is 9.89. The zero-order chi connectivity index (χ0) is 13.0. The first-order valence-electron chi connectivity index (χ1n) is 6.58. The first kappa shape index (κ1) is 12.9. The minimum Gasteiger partial charge on any atom is -0.478 e. The molecule has 1 N–H and O–H groups in total. The summed E-state index contributed by atoms with van der Waals surface area (Å²) in [5.41, 5.74) is 0.288. The Labute approximate surface area is 108 Å². The SMILES string of the molecule is CN(CC1CCCCC1)c1ncccc1C(=O)O. The van der Waals surface area contributed by atoms with Gasteiger partial charge in [-0.2, -0.15) is 0 Å². The summed E-state index contributed by atoms with van der Waals surface area (Å²) in [6.45, 7) is 0.900. The predicted octanol–water partition coefficient (Wildman–Crippen LogP) is 2.80. The lowest BCUT2D eigenvalue weighted by Gasteiger charge is -2.28. The van der Waals surface area contributed by atoms with Crippen molar-refractivity contribution in [3.63, 3.8) is 0 Å². The number of aromatic nitrogens is 1. The van der Waals surface area contributed by atoms with Gasteiger partial charge in [-0.15, -0.1) is 0 Å². The second kappa shape index (κ2) is 5.85. The molecule has 1 saturated carbocycles. The molecule has 0 aliphatic heterocycles. The lowest BCUT2D eigenvalue weighted by Crippen LogP contribution is -2.28. The van der Waals surface area contributed by atoms with Gasteiger partial charge in [0.2, 0.25) is 0 Å². The van der Waals surface area contributed by atoms with Gasteiger partial charge in [-0.1, -0.05) is 19.3 Å². The third-order valence-electron chi connectivity index (χ3n) is 3.64. The fourth-order valence-electron chi connectivity index (χ4n) is 2.71. The molecule has 0 aromatic carbocycles. The number of pyridine rings is 1. The summed E-state index contributed by atoms with van der Waals surface area (Å²) < 4.78 is 0. The molecule has 18 heavy (non-hydrogen) atoms. The molecule has 1 aliphatic rings. The number of anilines is 1. The largest absolute Gasteiger partial charge is 0.478 e. The van der Waals surface area contributed by atoms with E-state index in [1.807, 2.05) is 11.9 Å². The summed E-state index contributed by atoms with van der Waals surface area (Å²) >= 11 is 0. The van der Waals surface area contributed by atoms with Crippen LogP contribution in [0.5, 0.6) is 0 Å². The van der Waals surface area contributed by atoms with Gasteiger partial charge in [0.25, 0.3) is 0 Å². The topological polar surface area (TPSA) is 53.4 Å². The van der Waals surface area contributed by atoms with Gasteiger partial charge in [0.1, 0.15) is 11.4 Å². The molecule has 98 valence electrons. The smallest absolute Gasteiger partial charge is 0.339 e. The molecule has 1 heterocycles.